The largest absolute Gasteiger partial charge is 0.491 e. The number of benzene rings is 2. The second-order valence-electron chi connectivity index (χ2n) is 11.5. The van der Waals surface area contributed by atoms with Gasteiger partial charge in [0.2, 0.25) is 0 Å². The number of hydrogen-bond acceptors (Lipinski definition) is 3. The van der Waals surface area contributed by atoms with E-state index in [1.165, 1.54) is 68.9 Å². The summed E-state index contributed by atoms with van der Waals surface area (Å²) in [6.45, 7) is 7.55. The predicted octanol–water partition coefficient (Wildman–Crippen LogP) is 8.52. The highest BCUT2D eigenvalue weighted by atomic mass is 16.5. The van der Waals surface area contributed by atoms with Crippen LogP contribution in [0.25, 0.3) is 0 Å². The average Bonchev–Trinajstić information content (AvgIpc) is 2.88. The first-order valence-corrected chi connectivity index (χ1v) is 15.1. The van der Waals surface area contributed by atoms with E-state index in [1.54, 1.807) is 0 Å². The molecule has 0 aliphatic rings. The van der Waals surface area contributed by atoms with Crippen molar-refractivity contribution < 1.29 is 18.8 Å². The summed E-state index contributed by atoms with van der Waals surface area (Å²) >= 11 is 0. The Hall–Kier alpha value is -2.33. The van der Waals surface area contributed by atoms with E-state index in [0.29, 0.717) is 17.5 Å². The molecule has 2 atom stereocenters. The van der Waals surface area contributed by atoms with Crippen molar-refractivity contribution in [3.8, 4) is 5.75 Å². The van der Waals surface area contributed by atoms with Crippen LogP contribution in [0.2, 0.25) is 0 Å². The van der Waals surface area contributed by atoms with E-state index >= 15 is 0 Å². The molecular weight excluding hydrogens is 470 g/mol. The van der Waals surface area contributed by atoms with Gasteiger partial charge in [-0.05, 0) is 37.5 Å². The van der Waals surface area contributed by atoms with E-state index in [1.807, 2.05) is 31.2 Å². The van der Waals surface area contributed by atoms with Crippen molar-refractivity contribution in [1.29, 1.82) is 0 Å². The lowest BCUT2D eigenvalue weighted by Crippen LogP contribution is -2.52. The minimum absolute atomic E-state index is 0.0161. The van der Waals surface area contributed by atoms with Gasteiger partial charge in [0.05, 0.1) is 26.8 Å². The Morgan fingerprint density at radius 1 is 0.816 bits per heavy atom. The molecule has 0 aromatic heterocycles. The van der Waals surface area contributed by atoms with Gasteiger partial charge >= 0.3 is 5.97 Å². The van der Waals surface area contributed by atoms with Gasteiger partial charge in [0.1, 0.15) is 12.3 Å². The highest BCUT2D eigenvalue weighted by Crippen LogP contribution is 2.20. The monoisotopic (exact) mass is 524 g/mol. The van der Waals surface area contributed by atoms with Crippen molar-refractivity contribution in [1.82, 2.24) is 0 Å². The molecule has 0 heterocycles. The Labute approximate surface area is 233 Å². The molecule has 0 aliphatic carbocycles. The minimum atomic E-state index is -0.191. The molecule has 4 nitrogen and oxygen atoms in total. The molecule has 0 radical (unpaired) electrons. The standard InChI is InChI=1S/C34H54NO3/c1-6-8-9-10-11-12-13-14-16-20-30-23-19-24-32(27-30)38-29(3)25-26-37-34(36)33(7-2)35(4,5)28-31-21-17-15-18-22-31/h15,17-19,21-24,27,29,33H,6-14,16,20,25-26,28H2,1-5H3/q+1. The zero-order valence-electron chi connectivity index (χ0n) is 24.9. The maximum absolute atomic E-state index is 12.9. The van der Waals surface area contributed by atoms with E-state index < -0.39 is 0 Å². The second-order valence-corrected chi connectivity index (χ2v) is 11.5. The molecule has 212 valence electrons. The van der Waals surface area contributed by atoms with Crippen molar-refractivity contribution in [2.75, 3.05) is 20.7 Å². The molecule has 0 amide bonds. The van der Waals surface area contributed by atoms with Crippen LogP contribution in [0.3, 0.4) is 0 Å². The van der Waals surface area contributed by atoms with Gasteiger partial charge in [-0.3, -0.25) is 0 Å². The quantitative estimate of drug-likeness (QED) is 0.0989. The van der Waals surface area contributed by atoms with E-state index in [-0.39, 0.29) is 18.1 Å². The third-order valence-electron chi connectivity index (χ3n) is 7.51. The number of rotatable bonds is 20. The molecule has 0 fully saturated rings. The van der Waals surface area contributed by atoms with Gasteiger partial charge in [0.25, 0.3) is 0 Å². The van der Waals surface area contributed by atoms with Crippen molar-refractivity contribution in [2.45, 2.75) is 117 Å². The molecule has 2 aromatic rings. The van der Waals surface area contributed by atoms with Crippen LogP contribution >= 0.6 is 0 Å². The first-order valence-electron chi connectivity index (χ1n) is 15.1. The highest BCUT2D eigenvalue weighted by Gasteiger charge is 2.35. The van der Waals surface area contributed by atoms with Crippen molar-refractivity contribution in [3.63, 3.8) is 0 Å². The molecule has 0 aliphatic heterocycles. The second kappa shape index (κ2) is 18.0. The Kier molecular flexibility index (Phi) is 15.1. The topological polar surface area (TPSA) is 35.5 Å². The van der Waals surface area contributed by atoms with Gasteiger partial charge in [-0.2, -0.15) is 0 Å². The summed E-state index contributed by atoms with van der Waals surface area (Å²) in [5.41, 5.74) is 2.57. The summed E-state index contributed by atoms with van der Waals surface area (Å²) in [4.78, 5) is 12.9. The van der Waals surface area contributed by atoms with Crippen LogP contribution in [-0.4, -0.2) is 43.3 Å². The lowest BCUT2D eigenvalue weighted by atomic mass is 10.0. The van der Waals surface area contributed by atoms with Gasteiger partial charge < -0.3 is 14.0 Å². The Balaban J connectivity index is 1.69. The molecule has 0 saturated carbocycles. The SMILES string of the molecule is CCCCCCCCCCCc1cccc(OC(C)CCOC(=O)C(CC)[N+](C)(C)Cc2ccccc2)c1. The fraction of sp³-hybridized carbons (Fsp3) is 0.618. The molecule has 2 rings (SSSR count). The summed E-state index contributed by atoms with van der Waals surface area (Å²) < 4.78 is 12.5. The summed E-state index contributed by atoms with van der Waals surface area (Å²) in [5, 5.41) is 0. The van der Waals surface area contributed by atoms with E-state index in [0.717, 1.165) is 25.1 Å². The van der Waals surface area contributed by atoms with Crippen molar-refractivity contribution in [2.24, 2.45) is 0 Å². The van der Waals surface area contributed by atoms with Crippen LogP contribution in [0.15, 0.2) is 54.6 Å². The normalized spacial score (nSPS) is 13.2. The summed E-state index contributed by atoms with van der Waals surface area (Å²) in [5.74, 6) is 0.785. The molecular formula is C34H54NO3+. The average molecular weight is 525 g/mol. The minimum Gasteiger partial charge on any atom is -0.491 e. The van der Waals surface area contributed by atoms with Crippen LogP contribution in [0.1, 0.15) is 103 Å². The molecule has 0 bridgehead atoms. The zero-order chi connectivity index (χ0) is 27.6. The van der Waals surface area contributed by atoms with Gasteiger partial charge in [0.15, 0.2) is 6.04 Å². The third kappa shape index (κ3) is 12.5. The molecule has 38 heavy (non-hydrogen) atoms. The van der Waals surface area contributed by atoms with Gasteiger partial charge in [-0.25, -0.2) is 4.79 Å². The van der Waals surface area contributed by atoms with Gasteiger partial charge in [0, 0.05) is 18.4 Å². The van der Waals surface area contributed by atoms with Crippen LogP contribution in [0, 0.1) is 0 Å². The number of nitrogens with zero attached hydrogens (tertiary/aromatic N) is 1. The number of quaternary nitrogens is 1. The number of aryl methyl sites for hydroxylation is 1. The molecule has 0 saturated heterocycles. The number of carbonyl (C=O) groups excluding carboxylic acids is 1. The lowest BCUT2D eigenvalue weighted by molar-refractivity contribution is -0.919. The summed E-state index contributed by atoms with van der Waals surface area (Å²) in [6.07, 6.45) is 14.7. The van der Waals surface area contributed by atoms with E-state index in [2.05, 4.69) is 58.3 Å². The maximum atomic E-state index is 12.9. The fourth-order valence-electron chi connectivity index (χ4n) is 5.24. The number of hydrogen-bond donors (Lipinski definition) is 0. The molecule has 4 heteroatoms. The van der Waals surface area contributed by atoms with Gasteiger partial charge in [-0.15, -0.1) is 0 Å². The Bertz CT molecular complexity index is 896. The molecule has 0 N–H and O–H groups in total. The first-order chi connectivity index (χ1) is 18.4. The van der Waals surface area contributed by atoms with E-state index in [9.17, 15) is 4.79 Å². The number of likely N-dealkylation sites (N-methyl/N-ethyl adjacent to an activating group) is 1. The molecule has 2 aromatic carbocycles. The lowest BCUT2D eigenvalue weighted by Gasteiger charge is -2.36. The number of ether oxygens (including phenoxy) is 2. The first kappa shape index (κ1) is 31.9. The van der Waals surface area contributed by atoms with Crippen molar-refractivity contribution >= 4 is 5.97 Å². The number of esters is 1. The fourth-order valence-corrected chi connectivity index (χ4v) is 5.24. The smallest absolute Gasteiger partial charge is 0.364 e. The molecule has 2 unspecified atom stereocenters. The Morgan fingerprint density at radius 2 is 1.45 bits per heavy atom. The Morgan fingerprint density at radius 3 is 2.11 bits per heavy atom. The predicted molar refractivity (Wildman–Crippen MR) is 159 cm³/mol. The number of unbranched alkanes of at least 4 members (excludes halogenated alkanes) is 8. The number of carbonyl (C=O) groups is 1. The van der Waals surface area contributed by atoms with Crippen LogP contribution in [-0.2, 0) is 22.5 Å². The summed E-state index contributed by atoms with van der Waals surface area (Å²) in [7, 11) is 4.21. The van der Waals surface area contributed by atoms with Crippen LogP contribution in [0.5, 0.6) is 5.75 Å². The molecule has 0 spiro atoms. The van der Waals surface area contributed by atoms with Gasteiger partial charge in [-0.1, -0.05) is 108 Å². The van der Waals surface area contributed by atoms with Crippen LogP contribution < -0.4 is 4.74 Å². The third-order valence-corrected chi connectivity index (χ3v) is 7.51. The highest BCUT2D eigenvalue weighted by molar-refractivity contribution is 5.74. The summed E-state index contributed by atoms with van der Waals surface area (Å²) in [6, 6.07) is 18.6. The maximum Gasteiger partial charge on any atom is 0.364 e. The zero-order valence-corrected chi connectivity index (χ0v) is 24.9. The van der Waals surface area contributed by atoms with Crippen LogP contribution in [0.4, 0.5) is 0 Å². The van der Waals surface area contributed by atoms with Crippen molar-refractivity contribution in [3.05, 3.63) is 65.7 Å². The van der Waals surface area contributed by atoms with E-state index in [4.69, 9.17) is 9.47 Å².